The predicted molar refractivity (Wildman–Crippen MR) is 75.0 cm³/mol. The van der Waals surface area contributed by atoms with Gasteiger partial charge in [-0.25, -0.2) is 13.4 Å². The van der Waals surface area contributed by atoms with Crippen LogP contribution in [0.4, 0.5) is 0 Å². The predicted octanol–water partition coefficient (Wildman–Crippen LogP) is 1.59. The van der Waals surface area contributed by atoms with Gasteiger partial charge in [0, 0.05) is 11.3 Å². The van der Waals surface area contributed by atoms with Crippen molar-refractivity contribution in [2.75, 3.05) is 25.1 Å². The molecule has 2 heterocycles. The maximum Gasteiger partial charge on any atom is 0.151 e. The molecular weight excluding hydrogens is 268 g/mol. The third-order valence-corrected chi connectivity index (χ3v) is 6.12. The monoisotopic (exact) mass is 288 g/mol. The molecule has 1 aliphatic rings. The summed E-state index contributed by atoms with van der Waals surface area (Å²) < 4.78 is 23.2. The molecule has 1 N–H and O–H groups in total. The van der Waals surface area contributed by atoms with E-state index in [1.165, 1.54) is 0 Å². The van der Waals surface area contributed by atoms with Crippen LogP contribution in [-0.2, 0) is 16.3 Å². The topological polar surface area (TPSA) is 59.1 Å². The van der Waals surface area contributed by atoms with Gasteiger partial charge in [0.05, 0.1) is 22.2 Å². The normalized spacial score (nSPS) is 23.1. The molecule has 1 aromatic heterocycles. The Kier molecular flexibility index (Phi) is 4.75. The zero-order valence-electron chi connectivity index (χ0n) is 10.7. The number of nitrogens with zero attached hydrogens (tertiary/aromatic N) is 1. The Balaban J connectivity index is 1.97. The molecule has 18 heavy (non-hydrogen) atoms. The minimum Gasteiger partial charge on any atom is -0.320 e. The van der Waals surface area contributed by atoms with Gasteiger partial charge in [-0.1, -0.05) is 0 Å². The molecule has 2 rings (SSSR count). The Labute approximate surface area is 113 Å². The Morgan fingerprint density at radius 2 is 2.39 bits per heavy atom. The van der Waals surface area contributed by atoms with Gasteiger partial charge < -0.3 is 5.32 Å². The first kappa shape index (κ1) is 14.0. The SMILES string of the molecule is CNCCCc1csc(C2CCCS(=O)(=O)C2)n1. The number of hydrogen-bond donors (Lipinski definition) is 1. The lowest BCUT2D eigenvalue weighted by atomic mass is 10.1. The molecule has 0 aliphatic carbocycles. The van der Waals surface area contributed by atoms with E-state index in [9.17, 15) is 8.42 Å². The zero-order chi connectivity index (χ0) is 13.0. The van der Waals surface area contributed by atoms with Crippen molar-refractivity contribution >= 4 is 21.2 Å². The summed E-state index contributed by atoms with van der Waals surface area (Å²) in [5.74, 6) is 0.771. The standard InChI is InChI=1S/C12H20N2O2S2/c1-13-6-2-5-11-8-17-12(14-11)10-4-3-7-18(15,16)9-10/h8,10,13H,2-7,9H2,1H3. The molecule has 0 aromatic carbocycles. The van der Waals surface area contributed by atoms with Crippen molar-refractivity contribution in [2.24, 2.45) is 0 Å². The van der Waals surface area contributed by atoms with Gasteiger partial charge in [0.25, 0.3) is 0 Å². The second-order valence-electron chi connectivity index (χ2n) is 4.84. The van der Waals surface area contributed by atoms with Crippen LogP contribution in [0.15, 0.2) is 5.38 Å². The lowest BCUT2D eigenvalue weighted by Gasteiger charge is -2.19. The van der Waals surface area contributed by atoms with E-state index < -0.39 is 9.84 Å². The molecule has 0 saturated carbocycles. The van der Waals surface area contributed by atoms with Crippen LogP contribution in [-0.4, -0.2) is 38.5 Å². The molecule has 4 nitrogen and oxygen atoms in total. The first-order valence-electron chi connectivity index (χ1n) is 6.40. The van der Waals surface area contributed by atoms with E-state index in [1.54, 1.807) is 11.3 Å². The van der Waals surface area contributed by atoms with Crippen LogP contribution in [0.3, 0.4) is 0 Å². The third-order valence-electron chi connectivity index (χ3n) is 3.24. The van der Waals surface area contributed by atoms with Gasteiger partial charge in [0.1, 0.15) is 0 Å². The van der Waals surface area contributed by atoms with Gasteiger partial charge in [0.15, 0.2) is 9.84 Å². The van der Waals surface area contributed by atoms with Gasteiger partial charge in [-0.3, -0.25) is 0 Å². The van der Waals surface area contributed by atoms with Crippen molar-refractivity contribution in [3.05, 3.63) is 16.1 Å². The number of nitrogens with one attached hydrogen (secondary N) is 1. The van der Waals surface area contributed by atoms with Crippen molar-refractivity contribution < 1.29 is 8.42 Å². The number of aryl methyl sites for hydroxylation is 1. The van der Waals surface area contributed by atoms with E-state index >= 15 is 0 Å². The minimum atomic E-state index is -2.84. The summed E-state index contributed by atoms with van der Waals surface area (Å²) in [5.41, 5.74) is 1.10. The first-order valence-corrected chi connectivity index (χ1v) is 9.10. The quantitative estimate of drug-likeness (QED) is 0.836. The second kappa shape index (κ2) is 6.12. The number of thiazole rings is 1. The van der Waals surface area contributed by atoms with Crippen molar-refractivity contribution in [3.63, 3.8) is 0 Å². The van der Waals surface area contributed by atoms with Gasteiger partial charge in [0.2, 0.25) is 0 Å². The fourth-order valence-corrected chi connectivity index (χ4v) is 5.10. The Bertz CT molecular complexity index is 482. The Morgan fingerprint density at radius 1 is 1.56 bits per heavy atom. The molecule has 0 amide bonds. The van der Waals surface area contributed by atoms with Crippen LogP contribution in [0.25, 0.3) is 0 Å². The molecular formula is C12H20N2O2S2. The third kappa shape index (κ3) is 3.76. The molecule has 1 atom stereocenters. The molecule has 6 heteroatoms. The highest BCUT2D eigenvalue weighted by Gasteiger charge is 2.27. The van der Waals surface area contributed by atoms with Gasteiger partial charge in [-0.15, -0.1) is 11.3 Å². The first-order chi connectivity index (χ1) is 8.61. The van der Waals surface area contributed by atoms with Crippen LogP contribution in [0.1, 0.15) is 35.9 Å². The largest absolute Gasteiger partial charge is 0.320 e. The number of hydrogen-bond acceptors (Lipinski definition) is 5. The van der Waals surface area contributed by atoms with Crippen molar-refractivity contribution in [2.45, 2.75) is 31.6 Å². The van der Waals surface area contributed by atoms with Gasteiger partial charge in [-0.05, 0) is 39.3 Å². The van der Waals surface area contributed by atoms with E-state index in [1.807, 2.05) is 7.05 Å². The summed E-state index contributed by atoms with van der Waals surface area (Å²) in [4.78, 5) is 4.60. The van der Waals surface area contributed by atoms with Gasteiger partial charge in [-0.2, -0.15) is 0 Å². The summed E-state index contributed by atoms with van der Waals surface area (Å²) in [7, 11) is -0.891. The lowest BCUT2D eigenvalue weighted by Crippen LogP contribution is -2.23. The number of rotatable bonds is 5. The van der Waals surface area contributed by atoms with Crippen LogP contribution in [0, 0.1) is 0 Å². The minimum absolute atomic E-state index is 0.131. The molecule has 0 radical (unpaired) electrons. The highest BCUT2D eigenvalue weighted by molar-refractivity contribution is 7.91. The van der Waals surface area contributed by atoms with Crippen LogP contribution >= 0.6 is 11.3 Å². The molecule has 0 spiro atoms. The molecule has 102 valence electrons. The van der Waals surface area contributed by atoms with E-state index in [4.69, 9.17) is 0 Å². The fourth-order valence-electron chi connectivity index (χ4n) is 2.29. The van der Waals surface area contributed by atoms with Crippen LogP contribution in [0.2, 0.25) is 0 Å². The van der Waals surface area contributed by atoms with Crippen molar-refractivity contribution in [3.8, 4) is 0 Å². The maximum absolute atomic E-state index is 11.6. The van der Waals surface area contributed by atoms with Crippen molar-refractivity contribution in [1.82, 2.24) is 10.3 Å². The van der Waals surface area contributed by atoms with Crippen LogP contribution < -0.4 is 5.32 Å². The number of sulfone groups is 1. The van der Waals surface area contributed by atoms with Crippen molar-refractivity contribution in [1.29, 1.82) is 0 Å². The number of aromatic nitrogens is 1. The van der Waals surface area contributed by atoms with Crippen LogP contribution in [0.5, 0.6) is 0 Å². The van der Waals surface area contributed by atoms with Gasteiger partial charge >= 0.3 is 0 Å². The Morgan fingerprint density at radius 3 is 3.11 bits per heavy atom. The maximum atomic E-state index is 11.6. The summed E-state index contributed by atoms with van der Waals surface area (Å²) in [6.07, 6.45) is 3.78. The summed E-state index contributed by atoms with van der Waals surface area (Å²) in [6, 6.07) is 0. The average Bonchev–Trinajstić information content (AvgIpc) is 2.77. The Hall–Kier alpha value is -0.460. The van der Waals surface area contributed by atoms with E-state index in [0.29, 0.717) is 5.75 Å². The zero-order valence-corrected chi connectivity index (χ0v) is 12.3. The average molecular weight is 288 g/mol. The lowest BCUT2D eigenvalue weighted by molar-refractivity contribution is 0.552. The summed E-state index contributed by atoms with van der Waals surface area (Å²) >= 11 is 1.62. The van der Waals surface area contributed by atoms with E-state index in [0.717, 1.165) is 42.9 Å². The van der Waals surface area contributed by atoms with E-state index in [-0.39, 0.29) is 11.7 Å². The van der Waals surface area contributed by atoms with E-state index in [2.05, 4.69) is 15.7 Å². The summed E-state index contributed by atoms with van der Waals surface area (Å²) in [5, 5.41) is 6.20. The fraction of sp³-hybridized carbons (Fsp3) is 0.750. The second-order valence-corrected chi connectivity index (χ2v) is 7.96. The molecule has 1 fully saturated rings. The molecule has 1 saturated heterocycles. The molecule has 1 aromatic rings. The molecule has 1 aliphatic heterocycles. The molecule has 1 unspecified atom stereocenters. The smallest absolute Gasteiger partial charge is 0.151 e. The highest BCUT2D eigenvalue weighted by Crippen LogP contribution is 2.30. The molecule has 0 bridgehead atoms. The summed E-state index contributed by atoms with van der Waals surface area (Å²) in [6.45, 7) is 0.991. The highest BCUT2D eigenvalue weighted by atomic mass is 32.2.